The van der Waals surface area contributed by atoms with E-state index in [2.05, 4.69) is 85.3 Å². The molecule has 0 aliphatic heterocycles. The maximum Gasteiger partial charge on any atom is 0.251 e. The fourth-order valence-electron chi connectivity index (χ4n) is 5.71. The average molecular weight is 437 g/mol. The minimum absolute atomic E-state index is 0.0150. The first-order valence-corrected chi connectivity index (χ1v) is 11.9. The highest BCUT2D eigenvalue weighted by Gasteiger charge is 2.58. The maximum atomic E-state index is 12.5. The van der Waals surface area contributed by atoms with Crippen LogP contribution in [-0.4, -0.2) is 17.0 Å². The summed E-state index contributed by atoms with van der Waals surface area (Å²) in [6, 6.07) is 29.0. The number of nitrogens with one attached hydrogen (secondary N) is 1. The zero-order valence-corrected chi connectivity index (χ0v) is 19.7. The van der Waals surface area contributed by atoms with Crippen LogP contribution in [0.15, 0.2) is 84.9 Å². The Labute approximate surface area is 196 Å². The van der Waals surface area contributed by atoms with Crippen LogP contribution in [0.2, 0.25) is 0 Å². The molecule has 1 fully saturated rings. The van der Waals surface area contributed by atoms with E-state index in [0.29, 0.717) is 18.4 Å². The Kier molecular flexibility index (Phi) is 5.57. The summed E-state index contributed by atoms with van der Waals surface area (Å²) < 4.78 is 2.47. The van der Waals surface area contributed by atoms with Gasteiger partial charge in [0.2, 0.25) is 0 Å². The second kappa shape index (κ2) is 8.55. The molecule has 0 bridgehead atoms. The normalized spacial score (nSPS) is 18.9. The number of carbonyl (C=O) groups is 1. The summed E-state index contributed by atoms with van der Waals surface area (Å²) >= 11 is 0. The molecule has 1 aliphatic carbocycles. The molecule has 2 unspecified atom stereocenters. The van der Waals surface area contributed by atoms with Crippen LogP contribution in [0, 0.1) is 18.3 Å². The summed E-state index contributed by atoms with van der Waals surface area (Å²) in [5, 5.41) is 4.50. The van der Waals surface area contributed by atoms with Gasteiger partial charge in [-0.2, -0.15) is 0 Å². The van der Waals surface area contributed by atoms with Crippen LogP contribution >= 0.6 is 0 Å². The number of rotatable bonds is 7. The molecule has 1 saturated carbocycles. The van der Waals surface area contributed by atoms with E-state index in [-0.39, 0.29) is 11.3 Å². The predicted octanol–water partition coefficient (Wildman–Crippen LogP) is 6.56. The molecule has 4 aromatic rings. The summed E-state index contributed by atoms with van der Waals surface area (Å²) in [4.78, 5) is 12.5. The molecule has 3 aromatic carbocycles. The molecule has 33 heavy (non-hydrogen) atoms. The highest BCUT2D eigenvalue weighted by atomic mass is 16.1. The van der Waals surface area contributed by atoms with Gasteiger partial charge >= 0.3 is 0 Å². The molecule has 5 rings (SSSR count). The number of carbonyl (C=O) groups excluding carboxylic acids is 1. The lowest BCUT2D eigenvalue weighted by molar-refractivity contribution is 0.0952. The number of nitrogens with zero attached hydrogens (tertiary/aromatic N) is 1. The minimum atomic E-state index is 0.0150. The van der Waals surface area contributed by atoms with Gasteiger partial charge in [-0.1, -0.05) is 80.6 Å². The fourth-order valence-corrected chi connectivity index (χ4v) is 5.71. The van der Waals surface area contributed by atoms with Crippen molar-refractivity contribution in [1.29, 1.82) is 0 Å². The SMILES string of the molecule is Cc1c(C2C(CCNC(=O)c3ccccc3)C2(C)C)c2ccccc2n1Cc1ccccc1. The fraction of sp³-hybridized carbons (Fsp3) is 0.300. The quantitative estimate of drug-likeness (QED) is 0.350. The Hall–Kier alpha value is -3.33. The molecule has 3 nitrogen and oxygen atoms in total. The molecular weight excluding hydrogens is 404 g/mol. The van der Waals surface area contributed by atoms with Gasteiger partial charge in [-0.15, -0.1) is 0 Å². The Balaban J connectivity index is 1.37. The number of hydrogen-bond donors (Lipinski definition) is 1. The van der Waals surface area contributed by atoms with Gasteiger partial charge in [0.15, 0.2) is 0 Å². The smallest absolute Gasteiger partial charge is 0.251 e. The van der Waals surface area contributed by atoms with Crippen molar-refractivity contribution in [2.45, 2.75) is 39.7 Å². The van der Waals surface area contributed by atoms with E-state index in [4.69, 9.17) is 0 Å². The summed E-state index contributed by atoms with van der Waals surface area (Å²) in [5.74, 6) is 1.08. The molecular formula is C30H32N2O. The van der Waals surface area contributed by atoms with Crippen molar-refractivity contribution in [3.63, 3.8) is 0 Å². The van der Waals surface area contributed by atoms with Crippen LogP contribution in [0.4, 0.5) is 0 Å². The second-order valence-electron chi connectivity index (χ2n) is 9.90. The van der Waals surface area contributed by atoms with Crippen molar-refractivity contribution in [1.82, 2.24) is 9.88 Å². The van der Waals surface area contributed by atoms with Gasteiger partial charge in [0, 0.05) is 35.2 Å². The Morgan fingerprint density at radius 3 is 2.27 bits per heavy atom. The highest BCUT2D eigenvalue weighted by molar-refractivity contribution is 5.94. The molecule has 1 heterocycles. The summed E-state index contributed by atoms with van der Waals surface area (Å²) in [6.45, 7) is 8.63. The first-order valence-electron chi connectivity index (χ1n) is 11.9. The molecule has 1 N–H and O–H groups in total. The lowest BCUT2D eigenvalue weighted by Crippen LogP contribution is -2.24. The van der Waals surface area contributed by atoms with Gasteiger partial charge in [0.05, 0.1) is 0 Å². The standard InChI is InChI=1S/C30H32N2O/c1-21-27(24-16-10-11-17-26(24)32(21)20-22-12-6-4-7-13-22)28-25(30(28,2)3)18-19-31-29(33)23-14-8-5-9-15-23/h4-17,25,28H,18-20H2,1-3H3,(H,31,33). The lowest BCUT2D eigenvalue weighted by atomic mass is 10.0. The zero-order chi connectivity index (χ0) is 23.0. The van der Waals surface area contributed by atoms with E-state index in [0.717, 1.165) is 18.5 Å². The lowest BCUT2D eigenvalue weighted by Gasteiger charge is -2.10. The van der Waals surface area contributed by atoms with Crippen molar-refractivity contribution in [3.8, 4) is 0 Å². The summed E-state index contributed by atoms with van der Waals surface area (Å²) in [7, 11) is 0. The van der Waals surface area contributed by atoms with Crippen molar-refractivity contribution < 1.29 is 4.79 Å². The molecule has 1 amide bonds. The average Bonchev–Trinajstić information content (AvgIpc) is 3.26. The highest BCUT2D eigenvalue weighted by Crippen LogP contribution is 2.67. The van der Waals surface area contributed by atoms with Crippen molar-refractivity contribution in [3.05, 3.63) is 107 Å². The largest absolute Gasteiger partial charge is 0.352 e. The van der Waals surface area contributed by atoms with Gasteiger partial charge in [-0.3, -0.25) is 4.79 Å². The van der Waals surface area contributed by atoms with E-state index in [1.54, 1.807) is 0 Å². The van der Waals surface area contributed by atoms with Gasteiger partial charge in [0.1, 0.15) is 0 Å². The molecule has 2 atom stereocenters. The van der Waals surface area contributed by atoms with Crippen LogP contribution in [-0.2, 0) is 6.54 Å². The number of amides is 1. The summed E-state index contributed by atoms with van der Waals surface area (Å²) in [6.07, 6.45) is 0.994. The Bertz CT molecular complexity index is 1270. The monoisotopic (exact) mass is 436 g/mol. The van der Waals surface area contributed by atoms with Gasteiger partial charge in [0.25, 0.3) is 5.91 Å². The molecule has 3 heteroatoms. The van der Waals surface area contributed by atoms with Crippen LogP contribution in [0.1, 0.15) is 53.4 Å². The molecule has 0 saturated heterocycles. The Morgan fingerprint density at radius 1 is 0.909 bits per heavy atom. The van der Waals surface area contributed by atoms with E-state index in [1.807, 2.05) is 30.3 Å². The number of aromatic nitrogens is 1. The zero-order valence-electron chi connectivity index (χ0n) is 19.7. The molecule has 0 radical (unpaired) electrons. The van der Waals surface area contributed by atoms with E-state index >= 15 is 0 Å². The maximum absolute atomic E-state index is 12.5. The number of para-hydroxylation sites is 1. The van der Waals surface area contributed by atoms with E-state index in [1.165, 1.54) is 27.7 Å². The number of hydrogen-bond acceptors (Lipinski definition) is 1. The third kappa shape index (κ3) is 3.97. The first kappa shape index (κ1) is 21.5. The van der Waals surface area contributed by atoms with Crippen LogP contribution in [0.25, 0.3) is 10.9 Å². The van der Waals surface area contributed by atoms with Crippen LogP contribution < -0.4 is 5.32 Å². The topological polar surface area (TPSA) is 34.0 Å². The predicted molar refractivity (Wildman–Crippen MR) is 136 cm³/mol. The molecule has 0 spiro atoms. The molecule has 1 aliphatic rings. The minimum Gasteiger partial charge on any atom is -0.352 e. The van der Waals surface area contributed by atoms with E-state index < -0.39 is 0 Å². The molecule has 168 valence electrons. The van der Waals surface area contributed by atoms with Gasteiger partial charge < -0.3 is 9.88 Å². The third-order valence-electron chi connectivity index (χ3n) is 7.60. The van der Waals surface area contributed by atoms with E-state index in [9.17, 15) is 4.79 Å². The Morgan fingerprint density at radius 2 is 1.55 bits per heavy atom. The number of benzene rings is 3. The van der Waals surface area contributed by atoms with Gasteiger partial charge in [-0.05, 0) is 59.9 Å². The first-order chi connectivity index (χ1) is 16.0. The van der Waals surface area contributed by atoms with Crippen LogP contribution in [0.3, 0.4) is 0 Å². The number of fused-ring (bicyclic) bond motifs is 1. The van der Waals surface area contributed by atoms with Crippen molar-refractivity contribution in [2.24, 2.45) is 11.3 Å². The third-order valence-corrected chi connectivity index (χ3v) is 7.60. The van der Waals surface area contributed by atoms with Crippen molar-refractivity contribution in [2.75, 3.05) is 6.54 Å². The second-order valence-corrected chi connectivity index (χ2v) is 9.90. The summed E-state index contributed by atoms with van der Waals surface area (Å²) in [5.41, 5.74) is 6.45. The van der Waals surface area contributed by atoms with Gasteiger partial charge in [-0.25, -0.2) is 0 Å². The van der Waals surface area contributed by atoms with Crippen molar-refractivity contribution >= 4 is 16.8 Å². The molecule has 1 aromatic heterocycles. The van der Waals surface area contributed by atoms with Crippen LogP contribution in [0.5, 0.6) is 0 Å².